The van der Waals surface area contributed by atoms with Crippen molar-refractivity contribution in [2.24, 2.45) is 0 Å². The van der Waals surface area contributed by atoms with E-state index in [1.54, 1.807) is 6.07 Å². The standard InChI is InChI=1S/C16H15F2N/c17-9-4-5-10(13(18)8-9)11-6-7-15-16(11)12-2-1-3-14(12)19-15/h4-5,8,11,19H,1-3,6-7H2. The van der Waals surface area contributed by atoms with E-state index in [-0.39, 0.29) is 5.92 Å². The number of halogens is 2. The van der Waals surface area contributed by atoms with Crippen molar-refractivity contribution in [2.75, 3.05) is 0 Å². The highest BCUT2D eigenvalue weighted by Crippen LogP contribution is 2.44. The summed E-state index contributed by atoms with van der Waals surface area (Å²) >= 11 is 0. The molecule has 98 valence electrons. The average molecular weight is 259 g/mol. The minimum atomic E-state index is -0.501. The normalized spacial score (nSPS) is 20.6. The second kappa shape index (κ2) is 3.92. The second-order valence-corrected chi connectivity index (χ2v) is 5.58. The Hall–Kier alpha value is -1.64. The first-order valence-corrected chi connectivity index (χ1v) is 6.91. The minimum Gasteiger partial charge on any atom is -0.362 e. The monoisotopic (exact) mass is 259 g/mol. The Morgan fingerprint density at radius 1 is 1.05 bits per heavy atom. The van der Waals surface area contributed by atoms with Gasteiger partial charge >= 0.3 is 0 Å². The van der Waals surface area contributed by atoms with Crippen molar-refractivity contribution in [1.82, 2.24) is 4.98 Å². The van der Waals surface area contributed by atoms with Crippen molar-refractivity contribution in [3.63, 3.8) is 0 Å². The molecule has 1 aromatic carbocycles. The van der Waals surface area contributed by atoms with E-state index >= 15 is 0 Å². The summed E-state index contributed by atoms with van der Waals surface area (Å²) < 4.78 is 27.0. The summed E-state index contributed by atoms with van der Waals surface area (Å²) in [5, 5.41) is 0. The Morgan fingerprint density at radius 3 is 2.79 bits per heavy atom. The Morgan fingerprint density at radius 2 is 1.95 bits per heavy atom. The van der Waals surface area contributed by atoms with E-state index in [2.05, 4.69) is 4.98 Å². The first-order valence-electron chi connectivity index (χ1n) is 6.91. The van der Waals surface area contributed by atoms with Gasteiger partial charge in [0, 0.05) is 23.4 Å². The van der Waals surface area contributed by atoms with E-state index in [0.29, 0.717) is 5.56 Å². The highest BCUT2D eigenvalue weighted by atomic mass is 19.1. The molecule has 1 aromatic heterocycles. The van der Waals surface area contributed by atoms with Crippen molar-refractivity contribution in [1.29, 1.82) is 0 Å². The van der Waals surface area contributed by atoms with Crippen LogP contribution in [0.25, 0.3) is 0 Å². The Balaban J connectivity index is 1.83. The average Bonchev–Trinajstić information content (AvgIpc) is 3.00. The zero-order valence-electron chi connectivity index (χ0n) is 10.6. The molecule has 1 N–H and O–H groups in total. The predicted molar refractivity (Wildman–Crippen MR) is 69.3 cm³/mol. The maximum Gasteiger partial charge on any atom is 0.129 e. The SMILES string of the molecule is Fc1ccc(C2CCc3[nH]c4c(c32)CCC4)c(F)c1. The van der Waals surface area contributed by atoms with Crippen molar-refractivity contribution >= 4 is 0 Å². The lowest BCUT2D eigenvalue weighted by atomic mass is 9.91. The van der Waals surface area contributed by atoms with E-state index in [4.69, 9.17) is 0 Å². The molecule has 2 aromatic rings. The van der Waals surface area contributed by atoms with Crippen molar-refractivity contribution in [3.05, 3.63) is 57.9 Å². The molecule has 0 aliphatic heterocycles. The molecule has 1 atom stereocenters. The Kier molecular flexibility index (Phi) is 2.32. The van der Waals surface area contributed by atoms with Crippen LogP contribution in [-0.2, 0) is 19.3 Å². The van der Waals surface area contributed by atoms with E-state index < -0.39 is 11.6 Å². The van der Waals surface area contributed by atoms with E-state index in [9.17, 15) is 8.78 Å². The molecule has 0 amide bonds. The number of aryl methyl sites for hydroxylation is 2. The second-order valence-electron chi connectivity index (χ2n) is 5.58. The van der Waals surface area contributed by atoms with Crippen molar-refractivity contribution in [2.45, 2.75) is 38.0 Å². The largest absolute Gasteiger partial charge is 0.362 e. The molecule has 1 heterocycles. The molecule has 3 heteroatoms. The summed E-state index contributed by atoms with van der Waals surface area (Å²) in [6, 6.07) is 3.97. The fraction of sp³-hybridized carbons (Fsp3) is 0.375. The molecule has 0 fully saturated rings. The molecule has 0 bridgehead atoms. The van der Waals surface area contributed by atoms with Crippen LogP contribution < -0.4 is 0 Å². The smallest absolute Gasteiger partial charge is 0.129 e. The molecule has 2 aliphatic carbocycles. The van der Waals surface area contributed by atoms with Gasteiger partial charge in [0.15, 0.2) is 0 Å². The van der Waals surface area contributed by atoms with Crippen LogP contribution in [0.3, 0.4) is 0 Å². The third kappa shape index (κ3) is 1.57. The predicted octanol–water partition coefficient (Wildman–Crippen LogP) is 3.86. The summed E-state index contributed by atoms with van der Waals surface area (Å²) in [5.41, 5.74) is 5.98. The number of fused-ring (bicyclic) bond motifs is 3. The van der Waals surface area contributed by atoms with Crippen molar-refractivity contribution < 1.29 is 8.78 Å². The maximum atomic E-state index is 14.0. The molecule has 0 saturated heterocycles. The van der Waals surface area contributed by atoms with E-state index in [1.165, 1.54) is 35.0 Å². The number of H-pyrrole nitrogens is 1. The molecule has 4 rings (SSSR count). The third-order valence-electron chi connectivity index (χ3n) is 4.54. The Labute approximate surface area is 110 Å². The van der Waals surface area contributed by atoms with E-state index in [0.717, 1.165) is 31.7 Å². The van der Waals surface area contributed by atoms with Crippen LogP contribution in [-0.4, -0.2) is 4.98 Å². The summed E-state index contributed by atoms with van der Waals surface area (Å²) in [6.45, 7) is 0. The summed E-state index contributed by atoms with van der Waals surface area (Å²) in [5.74, 6) is -0.807. The van der Waals surface area contributed by atoms with Crippen LogP contribution in [0.15, 0.2) is 18.2 Å². The third-order valence-corrected chi connectivity index (χ3v) is 4.54. The molecular formula is C16H15F2N. The van der Waals surface area contributed by atoms with Gasteiger partial charge in [-0.3, -0.25) is 0 Å². The number of rotatable bonds is 1. The summed E-state index contributed by atoms with van der Waals surface area (Å²) in [6.07, 6.45) is 5.30. The van der Waals surface area contributed by atoms with Crippen LogP contribution in [0.5, 0.6) is 0 Å². The van der Waals surface area contributed by atoms with E-state index in [1.807, 2.05) is 0 Å². The number of hydrogen-bond donors (Lipinski definition) is 1. The highest BCUT2D eigenvalue weighted by molar-refractivity contribution is 5.49. The van der Waals surface area contributed by atoms with Gasteiger partial charge in [-0.1, -0.05) is 6.07 Å². The van der Waals surface area contributed by atoms with Crippen LogP contribution in [0.2, 0.25) is 0 Å². The topological polar surface area (TPSA) is 15.8 Å². The Bertz CT molecular complexity index is 657. The molecule has 19 heavy (non-hydrogen) atoms. The highest BCUT2D eigenvalue weighted by Gasteiger charge is 2.33. The lowest BCUT2D eigenvalue weighted by Gasteiger charge is -2.13. The first-order chi connectivity index (χ1) is 9.24. The van der Waals surface area contributed by atoms with Gasteiger partial charge in [-0.2, -0.15) is 0 Å². The van der Waals surface area contributed by atoms with Crippen LogP contribution >= 0.6 is 0 Å². The number of aromatic nitrogens is 1. The minimum absolute atomic E-state index is 0.105. The number of nitrogens with one attached hydrogen (secondary N) is 1. The van der Waals surface area contributed by atoms with Crippen molar-refractivity contribution in [3.8, 4) is 0 Å². The molecule has 0 radical (unpaired) electrons. The zero-order valence-corrected chi connectivity index (χ0v) is 10.6. The number of hydrogen-bond acceptors (Lipinski definition) is 0. The molecule has 1 unspecified atom stereocenters. The number of benzene rings is 1. The van der Waals surface area contributed by atoms with Crippen LogP contribution in [0, 0.1) is 11.6 Å². The fourth-order valence-corrected chi connectivity index (χ4v) is 3.76. The van der Waals surface area contributed by atoms with Gasteiger partial charge in [-0.15, -0.1) is 0 Å². The number of aromatic amines is 1. The maximum absolute atomic E-state index is 14.0. The van der Waals surface area contributed by atoms with Crippen LogP contribution in [0.4, 0.5) is 8.78 Å². The quantitative estimate of drug-likeness (QED) is 0.800. The van der Waals surface area contributed by atoms with Gasteiger partial charge < -0.3 is 4.98 Å². The van der Waals surface area contributed by atoms with Gasteiger partial charge in [0.1, 0.15) is 11.6 Å². The van der Waals surface area contributed by atoms with Crippen LogP contribution in [0.1, 0.15) is 46.8 Å². The summed E-state index contributed by atoms with van der Waals surface area (Å²) in [7, 11) is 0. The molecule has 1 nitrogen and oxygen atoms in total. The zero-order chi connectivity index (χ0) is 13.0. The van der Waals surface area contributed by atoms with Gasteiger partial charge in [0.25, 0.3) is 0 Å². The van der Waals surface area contributed by atoms with Gasteiger partial charge in [-0.25, -0.2) is 8.78 Å². The molecule has 2 aliphatic rings. The van der Waals surface area contributed by atoms with Gasteiger partial charge in [-0.05, 0) is 54.9 Å². The lowest BCUT2D eigenvalue weighted by Crippen LogP contribution is -2.02. The summed E-state index contributed by atoms with van der Waals surface area (Å²) in [4.78, 5) is 3.51. The fourth-order valence-electron chi connectivity index (χ4n) is 3.76. The molecule has 0 spiro atoms. The lowest BCUT2D eigenvalue weighted by molar-refractivity contribution is 0.562. The molecule has 0 saturated carbocycles. The first kappa shape index (κ1) is 11.2. The van der Waals surface area contributed by atoms with Gasteiger partial charge in [0.2, 0.25) is 0 Å². The van der Waals surface area contributed by atoms with Gasteiger partial charge in [0.05, 0.1) is 0 Å². The molecular weight excluding hydrogens is 244 g/mol.